The van der Waals surface area contributed by atoms with E-state index in [2.05, 4.69) is 10.6 Å². The highest BCUT2D eigenvalue weighted by molar-refractivity contribution is 5.96. The van der Waals surface area contributed by atoms with Gasteiger partial charge in [0.05, 0.1) is 14.2 Å². The molecule has 0 bridgehead atoms. The van der Waals surface area contributed by atoms with E-state index in [0.29, 0.717) is 11.8 Å². The van der Waals surface area contributed by atoms with Gasteiger partial charge in [0.1, 0.15) is 17.0 Å². The van der Waals surface area contributed by atoms with Crippen LogP contribution in [0.1, 0.15) is 19.3 Å². The molecular weight excluding hydrogens is 392 g/mol. The summed E-state index contributed by atoms with van der Waals surface area (Å²) in [5.74, 6) is 2.83. The van der Waals surface area contributed by atoms with Gasteiger partial charge in [-0.15, -0.1) is 5.10 Å². The van der Waals surface area contributed by atoms with Crippen LogP contribution in [0.15, 0.2) is 42.5 Å². The molecule has 0 radical (unpaired) electrons. The third-order valence-electron chi connectivity index (χ3n) is 5.71. The molecule has 0 saturated carbocycles. The summed E-state index contributed by atoms with van der Waals surface area (Å²) in [6.07, 6.45) is 3.46. The summed E-state index contributed by atoms with van der Waals surface area (Å²) in [4.78, 5) is 9.78. The molecule has 0 unspecified atom stereocenters. The predicted molar refractivity (Wildman–Crippen MR) is 121 cm³/mol. The van der Waals surface area contributed by atoms with E-state index in [-0.39, 0.29) is 6.04 Å². The van der Waals surface area contributed by atoms with E-state index in [0.717, 1.165) is 53.1 Å². The van der Waals surface area contributed by atoms with E-state index in [1.54, 1.807) is 14.2 Å². The molecule has 1 fully saturated rings. The zero-order valence-electron chi connectivity index (χ0n) is 17.8. The molecule has 1 aliphatic rings. The molecule has 8 heteroatoms. The van der Waals surface area contributed by atoms with Gasteiger partial charge in [0, 0.05) is 23.5 Å². The number of ether oxygens (including phenoxy) is 2. The van der Waals surface area contributed by atoms with Gasteiger partial charge in [0.15, 0.2) is 11.5 Å². The van der Waals surface area contributed by atoms with Crippen LogP contribution in [-0.2, 0) is 0 Å². The van der Waals surface area contributed by atoms with Gasteiger partial charge in [-0.05, 0) is 55.8 Å². The summed E-state index contributed by atoms with van der Waals surface area (Å²) < 4.78 is 12.7. The summed E-state index contributed by atoms with van der Waals surface area (Å²) in [6.45, 7) is 1.95. The first-order valence-electron chi connectivity index (χ1n) is 10.6. The Morgan fingerprint density at radius 3 is 2.71 bits per heavy atom. The summed E-state index contributed by atoms with van der Waals surface area (Å²) in [7, 11) is 3.32. The zero-order chi connectivity index (χ0) is 21.2. The molecule has 1 aliphatic heterocycles. The fourth-order valence-electron chi connectivity index (χ4n) is 4.05. The van der Waals surface area contributed by atoms with Crippen molar-refractivity contribution in [3.63, 3.8) is 0 Å². The monoisotopic (exact) mass is 418 g/mol. The van der Waals surface area contributed by atoms with E-state index >= 15 is 0 Å². The smallest absolute Gasteiger partial charge is 0.226 e. The van der Waals surface area contributed by atoms with Crippen LogP contribution in [0, 0.1) is 0 Å². The van der Waals surface area contributed by atoms with Crippen LogP contribution in [0.25, 0.3) is 27.9 Å². The van der Waals surface area contributed by atoms with Crippen LogP contribution in [0.2, 0.25) is 0 Å². The third-order valence-corrected chi connectivity index (χ3v) is 5.71. The van der Waals surface area contributed by atoms with Crippen LogP contribution in [-0.4, -0.2) is 52.9 Å². The lowest BCUT2D eigenvalue weighted by Gasteiger charge is -2.18. The lowest BCUT2D eigenvalue weighted by Crippen LogP contribution is -2.32. The number of methoxy groups -OCH3 is 2. The highest BCUT2D eigenvalue weighted by Crippen LogP contribution is 2.30. The number of para-hydroxylation sites is 1. The second-order valence-electron chi connectivity index (χ2n) is 7.73. The normalized spacial score (nSPS) is 16.9. The maximum absolute atomic E-state index is 5.58. The van der Waals surface area contributed by atoms with Gasteiger partial charge < -0.3 is 20.1 Å². The van der Waals surface area contributed by atoms with Crippen LogP contribution >= 0.6 is 0 Å². The lowest BCUT2D eigenvalue weighted by atomic mass is 10.1. The highest BCUT2D eigenvalue weighted by Gasteiger charge is 2.19. The van der Waals surface area contributed by atoms with Crippen molar-refractivity contribution in [1.82, 2.24) is 24.9 Å². The van der Waals surface area contributed by atoms with Gasteiger partial charge in [0.25, 0.3) is 0 Å². The number of hydrogen-bond acceptors (Lipinski definition) is 7. The molecule has 0 spiro atoms. The van der Waals surface area contributed by atoms with Gasteiger partial charge in [-0.3, -0.25) is 0 Å². The minimum atomic E-state index is 0.277. The van der Waals surface area contributed by atoms with Crippen molar-refractivity contribution in [2.75, 3.05) is 32.6 Å². The Bertz CT molecular complexity index is 1200. The second-order valence-corrected chi connectivity index (χ2v) is 7.73. The van der Waals surface area contributed by atoms with Crippen LogP contribution in [0.3, 0.4) is 0 Å². The summed E-state index contributed by atoms with van der Waals surface area (Å²) in [5.41, 5.74) is 2.44. The average molecular weight is 419 g/mol. The summed E-state index contributed by atoms with van der Waals surface area (Å²) >= 11 is 0. The first-order chi connectivity index (χ1) is 15.3. The van der Waals surface area contributed by atoms with Crippen molar-refractivity contribution in [1.29, 1.82) is 0 Å². The van der Waals surface area contributed by atoms with Crippen molar-refractivity contribution in [3.8, 4) is 22.9 Å². The molecule has 31 heavy (non-hydrogen) atoms. The molecule has 1 saturated heterocycles. The first-order valence-corrected chi connectivity index (χ1v) is 10.6. The Labute approximate surface area is 180 Å². The predicted octanol–water partition coefficient (Wildman–Crippen LogP) is 3.52. The van der Waals surface area contributed by atoms with Crippen molar-refractivity contribution < 1.29 is 9.47 Å². The van der Waals surface area contributed by atoms with Crippen molar-refractivity contribution in [2.45, 2.75) is 25.3 Å². The number of hydrogen-bond donors (Lipinski definition) is 2. The Balaban J connectivity index is 1.66. The van der Waals surface area contributed by atoms with Crippen LogP contribution < -0.4 is 20.1 Å². The highest BCUT2D eigenvalue weighted by atomic mass is 16.5. The molecule has 8 nitrogen and oxygen atoms in total. The molecule has 3 heterocycles. The van der Waals surface area contributed by atoms with Crippen LogP contribution in [0.4, 0.5) is 5.95 Å². The lowest BCUT2D eigenvalue weighted by molar-refractivity contribution is 0.415. The Morgan fingerprint density at radius 1 is 1.03 bits per heavy atom. The Morgan fingerprint density at radius 2 is 1.90 bits per heavy atom. The topological polar surface area (TPSA) is 85.6 Å². The number of nitrogens with zero attached hydrogens (tertiary/aromatic N) is 4. The SMILES string of the molecule is COc1ccc(-c2nc3c4cccc(OC)c4nc(N[C@@H]4CCCCNC4)n3n2)cc1. The molecular formula is C23H26N6O2. The maximum atomic E-state index is 5.58. The average Bonchev–Trinajstić information content (AvgIpc) is 3.11. The largest absolute Gasteiger partial charge is 0.497 e. The molecule has 160 valence electrons. The van der Waals surface area contributed by atoms with Gasteiger partial charge in [-0.2, -0.15) is 4.52 Å². The van der Waals surface area contributed by atoms with E-state index in [4.69, 9.17) is 24.5 Å². The van der Waals surface area contributed by atoms with Gasteiger partial charge in [0.2, 0.25) is 5.95 Å². The number of rotatable bonds is 5. The van der Waals surface area contributed by atoms with Crippen molar-refractivity contribution in [2.24, 2.45) is 0 Å². The van der Waals surface area contributed by atoms with Crippen molar-refractivity contribution in [3.05, 3.63) is 42.5 Å². The molecule has 4 aromatic rings. The van der Waals surface area contributed by atoms with E-state index in [1.165, 1.54) is 12.8 Å². The Hall–Kier alpha value is -3.39. The van der Waals surface area contributed by atoms with E-state index in [1.807, 2.05) is 47.0 Å². The number of aromatic nitrogens is 4. The molecule has 0 aliphatic carbocycles. The fraction of sp³-hybridized carbons (Fsp3) is 0.348. The van der Waals surface area contributed by atoms with Crippen molar-refractivity contribution >= 4 is 22.5 Å². The molecule has 0 amide bonds. The molecule has 5 rings (SSSR count). The number of nitrogens with one attached hydrogen (secondary N) is 2. The molecule has 2 N–H and O–H groups in total. The molecule has 2 aromatic heterocycles. The third kappa shape index (κ3) is 3.74. The zero-order valence-corrected chi connectivity index (χ0v) is 17.8. The first kappa shape index (κ1) is 19.6. The van der Waals surface area contributed by atoms with Crippen LogP contribution in [0.5, 0.6) is 11.5 Å². The number of fused-ring (bicyclic) bond motifs is 3. The minimum Gasteiger partial charge on any atom is -0.497 e. The molecule has 2 aromatic carbocycles. The minimum absolute atomic E-state index is 0.277. The fourth-order valence-corrected chi connectivity index (χ4v) is 4.05. The number of benzene rings is 2. The van der Waals surface area contributed by atoms with Gasteiger partial charge in [-0.1, -0.05) is 12.5 Å². The standard InChI is InChI=1S/C23H26N6O2/c1-30-17-11-9-15(10-12-17)21-27-22-18-7-5-8-19(31-2)20(18)26-23(29(22)28-21)25-16-6-3-4-13-24-14-16/h5,7-12,16,24H,3-4,6,13-14H2,1-2H3,(H,25,26)/t16-/m1/s1. The second kappa shape index (κ2) is 8.39. The van der Waals surface area contributed by atoms with E-state index in [9.17, 15) is 0 Å². The quantitative estimate of drug-likeness (QED) is 0.513. The van der Waals surface area contributed by atoms with Gasteiger partial charge in [-0.25, -0.2) is 9.97 Å². The number of anilines is 1. The van der Waals surface area contributed by atoms with E-state index < -0.39 is 0 Å². The van der Waals surface area contributed by atoms with Gasteiger partial charge >= 0.3 is 0 Å². The Kier molecular flexibility index (Phi) is 5.30. The summed E-state index contributed by atoms with van der Waals surface area (Å²) in [5, 5.41) is 12.8. The molecule has 1 atom stereocenters. The summed E-state index contributed by atoms with van der Waals surface area (Å²) in [6, 6.07) is 13.9. The maximum Gasteiger partial charge on any atom is 0.226 e.